The summed E-state index contributed by atoms with van der Waals surface area (Å²) in [5.74, 6) is 1.67. The van der Waals surface area contributed by atoms with Crippen LogP contribution >= 0.6 is 0 Å². The fourth-order valence-corrected chi connectivity index (χ4v) is 1.92. The lowest BCUT2D eigenvalue weighted by molar-refractivity contribution is 0.136. The molecule has 0 saturated carbocycles. The molecule has 0 aromatic carbocycles. The molecule has 82 valence electrons. The molecule has 0 spiro atoms. The molecule has 0 aliphatic carbocycles. The Morgan fingerprint density at radius 1 is 1.60 bits per heavy atom. The lowest BCUT2D eigenvalue weighted by Crippen LogP contribution is -2.24. The molecule has 1 aliphatic rings. The van der Waals surface area contributed by atoms with E-state index in [0.717, 1.165) is 25.3 Å². The van der Waals surface area contributed by atoms with Crippen molar-refractivity contribution < 1.29 is 5.11 Å². The highest BCUT2D eigenvalue weighted by atomic mass is 16.3. The van der Waals surface area contributed by atoms with Crippen LogP contribution in [0.25, 0.3) is 0 Å². The highest BCUT2D eigenvalue weighted by Gasteiger charge is 2.26. The quantitative estimate of drug-likeness (QED) is 0.729. The predicted octanol–water partition coefficient (Wildman–Crippen LogP) is 0.266. The monoisotopic (exact) mass is 208 g/mol. The summed E-state index contributed by atoms with van der Waals surface area (Å²) in [5.41, 5.74) is 5.59. The molecule has 0 radical (unpaired) electrons. The number of nitrogens with zero attached hydrogens (tertiary/aromatic N) is 3. The minimum absolute atomic E-state index is 0.255. The number of aliphatic hydroxyl groups excluding tert-OH is 1. The van der Waals surface area contributed by atoms with Crippen LogP contribution in [0.3, 0.4) is 0 Å². The highest BCUT2D eigenvalue weighted by Crippen LogP contribution is 2.24. The first kappa shape index (κ1) is 10.2. The summed E-state index contributed by atoms with van der Waals surface area (Å²) in [7, 11) is 0. The van der Waals surface area contributed by atoms with Gasteiger partial charge in [-0.15, -0.1) is 0 Å². The van der Waals surface area contributed by atoms with Gasteiger partial charge in [0.15, 0.2) is 0 Å². The maximum atomic E-state index is 9.49. The molecule has 0 bridgehead atoms. The fourth-order valence-electron chi connectivity index (χ4n) is 1.92. The lowest BCUT2D eigenvalue weighted by atomic mass is 10.0. The third-order valence-electron chi connectivity index (χ3n) is 2.90. The first-order chi connectivity index (χ1) is 7.16. The Bertz CT molecular complexity index is 342. The van der Waals surface area contributed by atoms with E-state index in [9.17, 15) is 5.11 Å². The maximum Gasteiger partial charge on any atom is 0.134 e. The molecular formula is C10H16N4O. The number of aromatic nitrogens is 2. The van der Waals surface area contributed by atoms with Gasteiger partial charge in [-0.05, 0) is 13.3 Å². The summed E-state index contributed by atoms with van der Waals surface area (Å²) in [6, 6.07) is 1.77. The number of aliphatic hydroxyl groups is 1. The smallest absolute Gasteiger partial charge is 0.134 e. The van der Waals surface area contributed by atoms with Gasteiger partial charge in [0.1, 0.15) is 18.0 Å². The molecule has 1 aromatic rings. The van der Waals surface area contributed by atoms with Gasteiger partial charge in [-0.1, -0.05) is 0 Å². The molecule has 15 heavy (non-hydrogen) atoms. The molecule has 1 aromatic heterocycles. The van der Waals surface area contributed by atoms with Crippen molar-refractivity contribution in [2.45, 2.75) is 19.4 Å². The number of rotatable bonds is 2. The molecule has 3 N–H and O–H groups in total. The summed E-state index contributed by atoms with van der Waals surface area (Å²) in [4.78, 5) is 10.2. The first-order valence-electron chi connectivity index (χ1n) is 5.17. The molecular weight excluding hydrogens is 192 g/mol. The van der Waals surface area contributed by atoms with Crippen molar-refractivity contribution >= 4 is 11.6 Å². The van der Waals surface area contributed by atoms with E-state index in [-0.39, 0.29) is 6.10 Å². The van der Waals surface area contributed by atoms with Crippen molar-refractivity contribution in [2.75, 3.05) is 23.7 Å². The van der Waals surface area contributed by atoms with Crippen LogP contribution in [0.4, 0.5) is 11.6 Å². The van der Waals surface area contributed by atoms with Crippen molar-refractivity contribution in [3.8, 4) is 0 Å². The van der Waals surface area contributed by atoms with Crippen LogP contribution in [0.1, 0.15) is 13.3 Å². The van der Waals surface area contributed by atoms with Gasteiger partial charge in [0.25, 0.3) is 0 Å². The molecule has 2 rings (SSSR count). The van der Waals surface area contributed by atoms with Gasteiger partial charge in [0.05, 0.1) is 6.10 Å². The Hall–Kier alpha value is -1.36. The number of nitrogens with two attached hydrogens (primary N) is 1. The summed E-state index contributed by atoms with van der Waals surface area (Å²) >= 11 is 0. The molecule has 2 atom stereocenters. The molecule has 1 aliphatic heterocycles. The second-order valence-corrected chi connectivity index (χ2v) is 4.04. The van der Waals surface area contributed by atoms with Gasteiger partial charge in [0, 0.05) is 25.1 Å². The molecule has 5 nitrogen and oxygen atoms in total. The van der Waals surface area contributed by atoms with Gasteiger partial charge in [-0.2, -0.15) is 0 Å². The standard InChI is InChI=1S/C10H16N4O/c1-7(15)8-2-3-14(5-8)10-4-9(11)12-6-13-10/h4,6-8,15H,2-3,5H2,1H3,(H2,11,12,13). The summed E-state index contributed by atoms with van der Waals surface area (Å²) in [6.07, 6.45) is 2.22. The van der Waals surface area contributed by atoms with Crippen LogP contribution in [0.2, 0.25) is 0 Å². The van der Waals surface area contributed by atoms with Crippen LogP contribution in [-0.4, -0.2) is 34.3 Å². The Morgan fingerprint density at radius 3 is 3.00 bits per heavy atom. The molecule has 0 amide bonds. The van der Waals surface area contributed by atoms with E-state index in [1.165, 1.54) is 6.33 Å². The van der Waals surface area contributed by atoms with E-state index >= 15 is 0 Å². The van der Waals surface area contributed by atoms with Crippen molar-refractivity contribution in [3.05, 3.63) is 12.4 Å². The van der Waals surface area contributed by atoms with Gasteiger partial charge in [-0.25, -0.2) is 9.97 Å². The Kier molecular flexibility index (Phi) is 2.73. The number of nitrogen functional groups attached to an aromatic ring is 1. The highest BCUT2D eigenvalue weighted by molar-refractivity contribution is 5.46. The second-order valence-electron chi connectivity index (χ2n) is 4.04. The SMILES string of the molecule is CC(O)C1CCN(c2cc(N)ncn2)C1. The predicted molar refractivity (Wildman–Crippen MR) is 58.4 cm³/mol. The second kappa shape index (κ2) is 4.02. The van der Waals surface area contributed by atoms with E-state index in [2.05, 4.69) is 14.9 Å². The zero-order valence-electron chi connectivity index (χ0n) is 8.80. The normalized spacial score (nSPS) is 23.1. The molecule has 1 saturated heterocycles. The van der Waals surface area contributed by atoms with E-state index in [4.69, 9.17) is 5.73 Å². The summed E-state index contributed by atoms with van der Waals surface area (Å²) in [6.45, 7) is 3.60. The van der Waals surface area contributed by atoms with Crippen LogP contribution in [0, 0.1) is 5.92 Å². The minimum atomic E-state index is -0.255. The molecule has 2 heterocycles. The molecule has 2 unspecified atom stereocenters. The van der Waals surface area contributed by atoms with Crippen molar-refractivity contribution in [3.63, 3.8) is 0 Å². The minimum Gasteiger partial charge on any atom is -0.393 e. The van der Waals surface area contributed by atoms with E-state index in [1.807, 2.05) is 6.92 Å². The Morgan fingerprint density at radius 2 is 2.40 bits per heavy atom. The number of anilines is 2. The van der Waals surface area contributed by atoms with Gasteiger partial charge >= 0.3 is 0 Å². The Balaban J connectivity index is 2.08. The third kappa shape index (κ3) is 2.18. The maximum absolute atomic E-state index is 9.49. The molecule has 1 fully saturated rings. The zero-order valence-corrected chi connectivity index (χ0v) is 8.80. The van der Waals surface area contributed by atoms with Crippen molar-refractivity contribution in [2.24, 2.45) is 5.92 Å². The van der Waals surface area contributed by atoms with Crippen molar-refractivity contribution in [1.29, 1.82) is 0 Å². The van der Waals surface area contributed by atoms with Crippen LogP contribution in [-0.2, 0) is 0 Å². The largest absolute Gasteiger partial charge is 0.393 e. The average Bonchev–Trinajstić information content (AvgIpc) is 2.66. The van der Waals surface area contributed by atoms with Crippen molar-refractivity contribution in [1.82, 2.24) is 9.97 Å². The van der Waals surface area contributed by atoms with Crippen LogP contribution < -0.4 is 10.6 Å². The van der Waals surface area contributed by atoms with E-state index in [0.29, 0.717) is 11.7 Å². The number of hydrogen-bond donors (Lipinski definition) is 2. The summed E-state index contributed by atoms with van der Waals surface area (Å²) in [5, 5.41) is 9.49. The van der Waals surface area contributed by atoms with Gasteiger partial charge in [0.2, 0.25) is 0 Å². The first-order valence-corrected chi connectivity index (χ1v) is 5.17. The van der Waals surface area contributed by atoms with E-state index in [1.54, 1.807) is 6.07 Å². The van der Waals surface area contributed by atoms with Crippen LogP contribution in [0.5, 0.6) is 0 Å². The average molecular weight is 208 g/mol. The zero-order chi connectivity index (χ0) is 10.8. The fraction of sp³-hybridized carbons (Fsp3) is 0.600. The molecule has 5 heteroatoms. The number of hydrogen-bond acceptors (Lipinski definition) is 5. The Labute approximate surface area is 88.9 Å². The van der Waals surface area contributed by atoms with Gasteiger partial charge < -0.3 is 15.7 Å². The third-order valence-corrected chi connectivity index (χ3v) is 2.90. The van der Waals surface area contributed by atoms with Crippen LogP contribution in [0.15, 0.2) is 12.4 Å². The van der Waals surface area contributed by atoms with Gasteiger partial charge in [-0.3, -0.25) is 0 Å². The van der Waals surface area contributed by atoms with E-state index < -0.39 is 0 Å². The topological polar surface area (TPSA) is 75.3 Å². The summed E-state index contributed by atoms with van der Waals surface area (Å²) < 4.78 is 0. The lowest BCUT2D eigenvalue weighted by Gasteiger charge is -2.18.